The summed E-state index contributed by atoms with van der Waals surface area (Å²) in [5.41, 5.74) is 0.652. The number of methoxy groups -OCH3 is 1. The molecule has 1 saturated heterocycles. The largest absolute Gasteiger partial charge is 0.495 e. The molecule has 0 spiro atoms. The smallest absolute Gasteiger partial charge is 0.143 e. The summed E-state index contributed by atoms with van der Waals surface area (Å²) in [5.74, 6) is 0.901. The predicted molar refractivity (Wildman–Crippen MR) is 61.3 cm³/mol. The van der Waals surface area contributed by atoms with E-state index in [9.17, 15) is 5.11 Å². The third-order valence-corrected chi connectivity index (χ3v) is 3.08. The molecule has 1 aliphatic rings. The Hall–Kier alpha value is -1.13. The Morgan fingerprint density at radius 1 is 1.62 bits per heavy atom. The van der Waals surface area contributed by atoms with Crippen molar-refractivity contribution in [2.45, 2.75) is 18.9 Å². The number of nitrogens with one attached hydrogen (secondary N) is 1. The van der Waals surface area contributed by atoms with Gasteiger partial charge in [-0.1, -0.05) is 0 Å². The minimum Gasteiger partial charge on any atom is -0.495 e. The third-order valence-electron chi connectivity index (χ3n) is 3.08. The average Bonchev–Trinajstić information content (AvgIpc) is 2.39. The van der Waals surface area contributed by atoms with Crippen LogP contribution in [0.15, 0.2) is 18.3 Å². The quantitative estimate of drug-likeness (QED) is 0.804. The Kier molecular flexibility index (Phi) is 3.74. The monoisotopic (exact) mass is 222 g/mol. The van der Waals surface area contributed by atoms with Crippen molar-refractivity contribution in [1.29, 1.82) is 0 Å². The van der Waals surface area contributed by atoms with E-state index >= 15 is 0 Å². The van der Waals surface area contributed by atoms with E-state index in [1.54, 1.807) is 13.3 Å². The van der Waals surface area contributed by atoms with E-state index in [4.69, 9.17) is 4.74 Å². The fourth-order valence-corrected chi connectivity index (χ4v) is 2.17. The molecule has 0 amide bonds. The Morgan fingerprint density at radius 3 is 3.19 bits per heavy atom. The fraction of sp³-hybridized carbons (Fsp3) is 0.583. The predicted octanol–water partition coefficient (Wildman–Crippen LogP) is 1.12. The summed E-state index contributed by atoms with van der Waals surface area (Å²) in [5, 5.41) is 13.6. The van der Waals surface area contributed by atoms with Crippen LogP contribution in [0.5, 0.6) is 5.75 Å². The first kappa shape index (κ1) is 11.4. The van der Waals surface area contributed by atoms with Gasteiger partial charge in [0.1, 0.15) is 17.5 Å². The van der Waals surface area contributed by atoms with Crippen molar-refractivity contribution >= 4 is 0 Å². The number of ether oxygens (including phenoxy) is 1. The maximum Gasteiger partial charge on any atom is 0.143 e. The van der Waals surface area contributed by atoms with E-state index in [0.29, 0.717) is 11.4 Å². The minimum absolute atomic E-state index is 0.234. The Balaban J connectivity index is 2.15. The van der Waals surface area contributed by atoms with Crippen LogP contribution in [0.3, 0.4) is 0 Å². The van der Waals surface area contributed by atoms with Gasteiger partial charge in [0.15, 0.2) is 0 Å². The highest BCUT2D eigenvalue weighted by Crippen LogP contribution is 2.30. The highest BCUT2D eigenvalue weighted by atomic mass is 16.5. The van der Waals surface area contributed by atoms with Crippen LogP contribution in [0.2, 0.25) is 0 Å². The number of hydrogen-bond donors (Lipinski definition) is 2. The zero-order valence-corrected chi connectivity index (χ0v) is 9.52. The molecule has 2 atom stereocenters. The summed E-state index contributed by atoms with van der Waals surface area (Å²) >= 11 is 0. The van der Waals surface area contributed by atoms with Crippen molar-refractivity contribution < 1.29 is 9.84 Å². The second-order valence-electron chi connectivity index (χ2n) is 4.14. The standard InChI is InChI=1S/C12H18N2O2/c1-16-10-5-3-7-14-11(10)12(15)9-4-2-6-13-8-9/h3,5,7,9,12-13,15H,2,4,6,8H2,1H3. The number of pyridine rings is 1. The number of aromatic nitrogens is 1. The van der Waals surface area contributed by atoms with Gasteiger partial charge in [-0.15, -0.1) is 0 Å². The van der Waals surface area contributed by atoms with E-state index in [1.165, 1.54) is 0 Å². The number of aliphatic hydroxyl groups is 1. The van der Waals surface area contributed by atoms with Gasteiger partial charge < -0.3 is 15.2 Å². The first-order chi connectivity index (χ1) is 7.83. The van der Waals surface area contributed by atoms with Gasteiger partial charge in [-0.05, 0) is 31.5 Å². The lowest BCUT2D eigenvalue weighted by Gasteiger charge is -2.27. The molecule has 1 fully saturated rings. The van der Waals surface area contributed by atoms with E-state index < -0.39 is 6.10 Å². The highest BCUT2D eigenvalue weighted by molar-refractivity contribution is 5.29. The number of rotatable bonds is 3. The van der Waals surface area contributed by atoms with Crippen LogP contribution < -0.4 is 10.1 Å². The van der Waals surface area contributed by atoms with E-state index in [1.807, 2.05) is 12.1 Å². The van der Waals surface area contributed by atoms with Gasteiger partial charge in [0.25, 0.3) is 0 Å². The van der Waals surface area contributed by atoms with Crippen LogP contribution in [0.4, 0.5) is 0 Å². The molecule has 2 rings (SSSR count). The summed E-state index contributed by atoms with van der Waals surface area (Å²) in [7, 11) is 1.60. The summed E-state index contributed by atoms with van der Waals surface area (Å²) in [4.78, 5) is 4.22. The molecule has 0 radical (unpaired) electrons. The highest BCUT2D eigenvalue weighted by Gasteiger charge is 2.26. The van der Waals surface area contributed by atoms with E-state index in [0.717, 1.165) is 25.9 Å². The minimum atomic E-state index is -0.538. The molecule has 4 heteroatoms. The van der Waals surface area contributed by atoms with Crippen LogP contribution in [0, 0.1) is 5.92 Å². The van der Waals surface area contributed by atoms with Crippen LogP contribution in [0.1, 0.15) is 24.6 Å². The normalized spacial score (nSPS) is 22.8. The Morgan fingerprint density at radius 2 is 2.50 bits per heavy atom. The lowest BCUT2D eigenvalue weighted by molar-refractivity contribution is 0.0857. The molecule has 0 aromatic carbocycles. The van der Waals surface area contributed by atoms with Crippen molar-refractivity contribution in [3.63, 3.8) is 0 Å². The van der Waals surface area contributed by atoms with E-state index in [-0.39, 0.29) is 5.92 Å². The van der Waals surface area contributed by atoms with Crippen molar-refractivity contribution in [1.82, 2.24) is 10.3 Å². The molecule has 4 nitrogen and oxygen atoms in total. The van der Waals surface area contributed by atoms with Gasteiger partial charge in [-0.2, -0.15) is 0 Å². The van der Waals surface area contributed by atoms with Gasteiger partial charge in [-0.25, -0.2) is 0 Å². The zero-order valence-electron chi connectivity index (χ0n) is 9.52. The summed E-state index contributed by atoms with van der Waals surface area (Å²) in [6.07, 6.45) is 3.30. The Labute approximate surface area is 95.7 Å². The van der Waals surface area contributed by atoms with Gasteiger partial charge in [0, 0.05) is 18.7 Å². The maximum atomic E-state index is 10.3. The molecular weight excluding hydrogens is 204 g/mol. The molecule has 2 N–H and O–H groups in total. The third kappa shape index (κ3) is 2.33. The lowest BCUT2D eigenvalue weighted by Crippen LogP contribution is -2.33. The van der Waals surface area contributed by atoms with Gasteiger partial charge in [0.05, 0.1) is 7.11 Å². The molecule has 88 valence electrons. The molecule has 1 aliphatic heterocycles. The molecule has 1 aromatic heterocycles. The van der Waals surface area contributed by atoms with E-state index in [2.05, 4.69) is 10.3 Å². The van der Waals surface area contributed by atoms with Crippen molar-refractivity contribution in [2.24, 2.45) is 5.92 Å². The van der Waals surface area contributed by atoms with Crippen molar-refractivity contribution in [3.05, 3.63) is 24.0 Å². The molecule has 0 aliphatic carbocycles. The Bertz CT molecular complexity index is 338. The van der Waals surface area contributed by atoms with Gasteiger partial charge >= 0.3 is 0 Å². The molecule has 0 bridgehead atoms. The first-order valence-electron chi connectivity index (χ1n) is 5.70. The second-order valence-corrected chi connectivity index (χ2v) is 4.14. The van der Waals surface area contributed by atoms with Crippen LogP contribution in [-0.4, -0.2) is 30.3 Å². The molecule has 16 heavy (non-hydrogen) atoms. The second kappa shape index (κ2) is 5.27. The van der Waals surface area contributed by atoms with Gasteiger partial charge in [-0.3, -0.25) is 4.98 Å². The van der Waals surface area contributed by atoms with Crippen molar-refractivity contribution in [3.8, 4) is 5.75 Å². The molecular formula is C12H18N2O2. The molecule has 0 saturated carbocycles. The molecule has 2 heterocycles. The average molecular weight is 222 g/mol. The number of nitrogens with zero attached hydrogens (tertiary/aromatic N) is 1. The lowest BCUT2D eigenvalue weighted by atomic mass is 9.91. The van der Waals surface area contributed by atoms with Crippen LogP contribution in [0.25, 0.3) is 0 Å². The molecule has 1 aromatic rings. The summed E-state index contributed by atoms with van der Waals surface area (Å²) in [6.45, 7) is 1.89. The summed E-state index contributed by atoms with van der Waals surface area (Å²) in [6, 6.07) is 3.65. The van der Waals surface area contributed by atoms with Crippen LogP contribution in [-0.2, 0) is 0 Å². The number of aliphatic hydroxyl groups excluding tert-OH is 1. The summed E-state index contributed by atoms with van der Waals surface area (Å²) < 4.78 is 5.21. The topological polar surface area (TPSA) is 54.4 Å². The SMILES string of the molecule is COc1cccnc1C(O)C1CCCNC1. The van der Waals surface area contributed by atoms with Crippen LogP contribution >= 0.6 is 0 Å². The maximum absolute atomic E-state index is 10.3. The number of hydrogen-bond acceptors (Lipinski definition) is 4. The van der Waals surface area contributed by atoms with Crippen molar-refractivity contribution in [2.75, 3.05) is 20.2 Å². The molecule has 2 unspecified atom stereocenters. The van der Waals surface area contributed by atoms with Gasteiger partial charge in [0.2, 0.25) is 0 Å². The first-order valence-corrected chi connectivity index (χ1v) is 5.70. The fourth-order valence-electron chi connectivity index (χ4n) is 2.17. The zero-order chi connectivity index (χ0) is 11.4. The number of piperidine rings is 1.